The van der Waals surface area contributed by atoms with Gasteiger partial charge in [-0.05, 0) is 6.42 Å². The molecule has 1 heterocycles. The Hall–Kier alpha value is -0.990. The first-order valence-electron chi connectivity index (χ1n) is 3.58. The van der Waals surface area contributed by atoms with E-state index >= 15 is 0 Å². The van der Waals surface area contributed by atoms with Gasteiger partial charge in [0.2, 0.25) is 0 Å². The molecule has 0 saturated heterocycles. The minimum Gasteiger partial charge on any atom is -0.324 e. The lowest BCUT2D eigenvalue weighted by Crippen LogP contribution is -2.13. The van der Waals surface area contributed by atoms with Gasteiger partial charge in [0.05, 0.1) is 0 Å². The van der Waals surface area contributed by atoms with E-state index in [-0.39, 0.29) is 0 Å². The second-order valence-corrected chi connectivity index (χ2v) is 2.16. The van der Waals surface area contributed by atoms with Crippen molar-refractivity contribution in [2.45, 2.75) is 19.8 Å². The zero-order chi connectivity index (χ0) is 7.23. The Bertz CT molecular complexity index is 157. The molecule has 10 heavy (non-hydrogen) atoms. The third-order valence-corrected chi connectivity index (χ3v) is 1.27. The molecular formula is C7H12N3. The van der Waals surface area contributed by atoms with Gasteiger partial charge in [-0.25, -0.2) is 9.66 Å². The molecule has 55 valence electrons. The minimum absolute atomic E-state index is 0.989. The first kappa shape index (κ1) is 7.12. The third kappa shape index (κ3) is 2.09. The van der Waals surface area contributed by atoms with Gasteiger partial charge in [-0.15, -0.1) is 0 Å². The SMILES string of the molecule is CCCCNn1[c]ncc1. The summed E-state index contributed by atoms with van der Waals surface area (Å²) in [5, 5.41) is 0. The smallest absolute Gasteiger partial charge is 0.196 e. The second kappa shape index (κ2) is 3.93. The molecule has 1 aromatic rings. The van der Waals surface area contributed by atoms with Gasteiger partial charge in [0.1, 0.15) is 0 Å². The van der Waals surface area contributed by atoms with Gasteiger partial charge in [0, 0.05) is 18.9 Å². The van der Waals surface area contributed by atoms with Crippen molar-refractivity contribution in [3.8, 4) is 0 Å². The molecule has 3 nitrogen and oxygen atoms in total. The van der Waals surface area contributed by atoms with E-state index < -0.39 is 0 Å². The summed E-state index contributed by atoms with van der Waals surface area (Å²) < 4.78 is 1.75. The van der Waals surface area contributed by atoms with Crippen molar-refractivity contribution in [1.82, 2.24) is 9.66 Å². The van der Waals surface area contributed by atoms with Crippen molar-refractivity contribution < 1.29 is 0 Å². The number of hydrogen-bond acceptors (Lipinski definition) is 2. The van der Waals surface area contributed by atoms with Crippen molar-refractivity contribution in [2.24, 2.45) is 0 Å². The number of aromatic nitrogens is 2. The number of imidazole rings is 1. The molecule has 1 aromatic heterocycles. The molecule has 0 aliphatic rings. The average Bonchev–Trinajstić information content (AvgIpc) is 2.41. The summed E-state index contributed by atoms with van der Waals surface area (Å²) in [6, 6.07) is 0. The van der Waals surface area contributed by atoms with Crippen molar-refractivity contribution in [3.63, 3.8) is 0 Å². The Labute approximate surface area is 61.0 Å². The Balaban J connectivity index is 2.15. The molecule has 0 saturated carbocycles. The summed E-state index contributed by atoms with van der Waals surface area (Å²) in [6.07, 6.45) is 8.70. The fourth-order valence-corrected chi connectivity index (χ4v) is 0.693. The van der Waals surface area contributed by atoms with Crippen LogP contribution in [0.25, 0.3) is 0 Å². The molecule has 0 fully saturated rings. The molecular weight excluding hydrogens is 126 g/mol. The summed E-state index contributed by atoms with van der Waals surface area (Å²) in [5.74, 6) is 0. The largest absolute Gasteiger partial charge is 0.324 e. The predicted molar refractivity (Wildman–Crippen MR) is 40.2 cm³/mol. The molecule has 0 unspecified atom stereocenters. The molecule has 0 amide bonds. The average molecular weight is 138 g/mol. The van der Waals surface area contributed by atoms with Gasteiger partial charge >= 0.3 is 0 Å². The van der Waals surface area contributed by atoms with E-state index in [9.17, 15) is 0 Å². The van der Waals surface area contributed by atoms with E-state index in [4.69, 9.17) is 0 Å². The Morgan fingerprint density at radius 3 is 3.20 bits per heavy atom. The van der Waals surface area contributed by atoms with Crippen LogP contribution in [0.3, 0.4) is 0 Å². The van der Waals surface area contributed by atoms with Crippen LogP contribution < -0.4 is 5.43 Å². The maximum absolute atomic E-state index is 3.78. The number of rotatable bonds is 4. The monoisotopic (exact) mass is 138 g/mol. The maximum Gasteiger partial charge on any atom is 0.196 e. The van der Waals surface area contributed by atoms with Crippen molar-refractivity contribution in [2.75, 3.05) is 12.0 Å². The predicted octanol–water partition coefficient (Wildman–Crippen LogP) is 1.03. The first-order valence-corrected chi connectivity index (χ1v) is 3.58. The van der Waals surface area contributed by atoms with Gasteiger partial charge in [-0.1, -0.05) is 13.3 Å². The van der Waals surface area contributed by atoms with Crippen LogP contribution in [0, 0.1) is 6.33 Å². The number of nitrogens with one attached hydrogen (secondary N) is 1. The van der Waals surface area contributed by atoms with Gasteiger partial charge < -0.3 is 5.43 Å². The van der Waals surface area contributed by atoms with Crippen molar-refractivity contribution in [1.29, 1.82) is 0 Å². The fourth-order valence-electron chi connectivity index (χ4n) is 0.693. The van der Waals surface area contributed by atoms with Crippen LogP contribution in [0.2, 0.25) is 0 Å². The topological polar surface area (TPSA) is 29.9 Å². The lowest BCUT2D eigenvalue weighted by molar-refractivity contribution is 0.749. The van der Waals surface area contributed by atoms with Crippen LogP contribution in [0.1, 0.15) is 19.8 Å². The molecule has 1 N–H and O–H groups in total. The third-order valence-electron chi connectivity index (χ3n) is 1.27. The fraction of sp³-hybridized carbons (Fsp3) is 0.571. The van der Waals surface area contributed by atoms with Gasteiger partial charge in [-0.2, -0.15) is 0 Å². The number of hydrogen-bond donors (Lipinski definition) is 1. The Morgan fingerprint density at radius 2 is 2.60 bits per heavy atom. The lowest BCUT2D eigenvalue weighted by atomic mass is 10.3. The number of nitrogens with zero attached hydrogens (tertiary/aromatic N) is 2. The van der Waals surface area contributed by atoms with Crippen LogP contribution in [-0.4, -0.2) is 16.2 Å². The van der Waals surface area contributed by atoms with Crippen LogP contribution in [0.5, 0.6) is 0 Å². The lowest BCUT2D eigenvalue weighted by Gasteiger charge is -2.02. The number of unbranched alkanes of at least 4 members (excludes halogenated alkanes) is 1. The summed E-state index contributed by atoms with van der Waals surface area (Å²) in [7, 11) is 0. The normalized spacial score (nSPS) is 9.70. The zero-order valence-corrected chi connectivity index (χ0v) is 6.17. The highest BCUT2D eigenvalue weighted by molar-refractivity contribution is 4.77. The summed E-state index contributed by atoms with van der Waals surface area (Å²) in [6.45, 7) is 3.16. The van der Waals surface area contributed by atoms with Gasteiger partial charge in [-0.3, -0.25) is 0 Å². The highest BCUT2D eigenvalue weighted by atomic mass is 15.4. The minimum atomic E-state index is 0.989. The van der Waals surface area contributed by atoms with Crippen molar-refractivity contribution >= 4 is 0 Å². The maximum atomic E-state index is 3.78. The van der Waals surface area contributed by atoms with E-state index in [0.29, 0.717) is 0 Å². The molecule has 3 heteroatoms. The standard InChI is InChI=1S/C7H12N3/c1-2-3-4-9-10-6-5-8-7-10/h5-6,9H,2-4H2,1H3. The Morgan fingerprint density at radius 1 is 1.70 bits per heavy atom. The van der Waals surface area contributed by atoms with Gasteiger partial charge in [0.25, 0.3) is 0 Å². The van der Waals surface area contributed by atoms with E-state index in [2.05, 4.69) is 23.7 Å². The molecule has 0 aromatic carbocycles. The van der Waals surface area contributed by atoms with Crippen LogP contribution in [0.4, 0.5) is 0 Å². The molecule has 1 rings (SSSR count). The molecule has 0 aliphatic heterocycles. The van der Waals surface area contributed by atoms with E-state index in [1.54, 1.807) is 10.9 Å². The molecule has 0 bridgehead atoms. The Kier molecular flexibility index (Phi) is 2.80. The van der Waals surface area contributed by atoms with E-state index in [1.165, 1.54) is 12.8 Å². The first-order chi connectivity index (χ1) is 4.93. The second-order valence-electron chi connectivity index (χ2n) is 2.16. The summed E-state index contributed by atoms with van der Waals surface area (Å²) in [5.41, 5.74) is 3.12. The van der Waals surface area contributed by atoms with Crippen LogP contribution in [0.15, 0.2) is 12.4 Å². The van der Waals surface area contributed by atoms with Crippen LogP contribution in [-0.2, 0) is 0 Å². The van der Waals surface area contributed by atoms with Gasteiger partial charge in [0.15, 0.2) is 6.33 Å². The highest BCUT2D eigenvalue weighted by Gasteiger charge is 1.85. The molecule has 0 aliphatic carbocycles. The molecule has 0 spiro atoms. The van der Waals surface area contributed by atoms with Crippen LogP contribution >= 0.6 is 0 Å². The zero-order valence-electron chi connectivity index (χ0n) is 6.17. The summed E-state index contributed by atoms with van der Waals surface area (Å²) >= 11 is 0. The summed E-state index contributed by atoms with van der Waals surface area (Å²) in [4.78, 5) is 3.78. The highest BCUT2D eigenvalue weighted by Crippen LogP contribution is 1.84. The quantitative estimate of drug-likeness (QED) is 0.630. The molecule has 1 radical (unpaired) electrons. The van der Waals surface area contributed by atoms with E-state index in [1.807, 2.05) is 6.20 Å². The molecule has 0 atom stereocenters. The van der Waals surface area contributed by atoms with E-state index in [0.717, 1.165) is 6.54 Å². The van der Waals surface area contributed by atoms with Crippen molar-refractivity contribution in [3.05, 3.63) is 18.7 Å².